The van der Waals surface area contributed by atoms with E-state index in [1.54, 1.807) is 18.1 Å². The van der Waals surface area contributed by atoms with Gasteiger partial charge in [0.15, 0.2) is 5.11 Å². The van der Waals surface area contributed by atoms with Crippen molar-refractivity contribution in [2.24, 2.45) is 5.84 Å². The van der Waals surface area contributed by atoms with Crippen LogP contribution in [0.5, 0.6) is 0 Å². The number of aromatic amines is 1. The summed E-state index contributed by atoms with van der Waals surface area (Å²) in [6, 6.07) is 0. The van der Waals surface area contributed by atoms with Crippen LogP contribution in [0.4, 0.5) is 0 Å². The molecule has 0 aliphatic rings. The fourth-order valence-corrected chi connectivity index (χ4v) is 1.97. The molecule has 0 aliphatic heterocycles. The number of rotatable bonds is 5. The van der Waals surface area contributed by atoms with Gasteiger partial charge in [0.2, 0.25) is 0 Å². The van der Waals surface area contributed by atoms with Crippen molar-refractivity contribution >= 4 is 29.1 Å². The minimum atomic E-state index is 0.478. The summed E-state index contributed by atoms with van der Waals surface area (Å²) in [4.78, 5) is 7.26. The first-order valence-corrected chi connectivity index (χ1v) is 6.11. The van der Waals surface area contributed by atoms with Crippen LogP contribution in [-0.4, -0.2) is 27.4 Å². The van der Waals surface area contributed by atoms with Crippen LogP contribution in [0.3, 0.4) is 0 Å². The summed E-state index contributed by atoms with van der Waals surface area (Å²) in [6.45, 7) is 2.83. The van der Waals surface area contributed by atoms with E-state index in [-0.39, 0.29) is 0 Å². The smallest absolute Gasteiger partial charge is 0.180 e. The number of thioether (sulfide) groups is 1. The number of imidazole rings is 1. The number of hydrogen-bond donors (Lipinski definition) is 4. The van der Waals surface area contributed by atoms with Crippen LogP contribution in [0.25, 0.3) is 0 Å². The summed E-state index contributed by atoms with van der Waals surface area (Å²) in [5.74, 6) is 6.99. The molecular formula is C8H15N5S2. The summed E-state index contributed by atoms with van der Waals surface area (Å²) in [5, 5.41) is 3.45. The summed E-state index contributed by atoms with van der Waals surface area (Å²) in [7, 11) is 0. The number of aromatic nitrogens is 2. The van der Waals surface area contributed by atoms with Crippen molar-refractivity contribution in [1.82, 2.24) is 20.7 Å². The van der Waals surface area contributed by atoms with Crippen molar-refractivity contribution in [3.63, 3.8) is 0 Å². The second-order valence-electron chi connectivity index (χ2n) is 2.93. The fourth-order valence-electron chi connectivity index (χ4n) is 0.989. The van der Waals surface area contributed by atoms with E-state index >= 15 is 0 Å². The van der Waals surface area contributed by atoms with Gasteiger partial charge in [-0.25, -0.2) is 10.8 Å². The molecule has 0 fully saturated rings. The quantitative estimate of drug-likeness (QED) is 0.258. The zero-order chi connectivity index (χ0) is 11.1. The predicted octanol–water partition coefficient (Wildman–Crippen LogP) is 0.289. The zero-order valence-electron chi connectivity index (χ0n) is 8.54. The van der Waals surface area contributed by atoms with Crippen LogP contribution >= 0.6 is 24.0 Å². The van der Waals surface area contributed by atoms with Crippen molar-refractivity contribution < 1.29 is 0 Å². The van der Waals surface area contributed by atoms with Gasteiger partial charge >= 0.3 is 0 Å². The summed E-state index contributed by atoms with van der Waals surface area (Å²) in [5.41, 5.74) is 4.62. The molecule has 1 aromatic rings. The highest BCUT2D eigenvalue weighted by Crippen LogP contribution is 2.11. The minimum Gasteiger partial charge on any atom is -0.361 e. The Morgan fingerprint density at radius 2 is 2.53 bits per heavy atom. The molecular weight excluding hydrogens is 230 g/mol. The Morgan fingerprint density at radius 1 is 1.73 bits per heavy atom. The Bertz CT molecular complexity index is 312. The molecule has 0 atom stereocenters. The van der Waals surface area contributed by atoms with Crippen molar-refractivity contribution in [1.29, 1.82) is 0 Å². The first-order valence-electron chi connectivity index (χ1n) is 4.55. The average Bonchev–Trinajstić information content (AvgIpc) is 2.63. The molecule has 1 rings (SSSR count). The van der Waals surface area contributed by atoms with E-state index in [2.05, 4.69) is 20.7 Å². The molecule has 0 saturated carbocycles. The highest BCUT2D eigenvalue weighted by Gasteiger charge is 2.00. The van der Waals surface area contributed by atoms with Crippen molar-refractivity contribution in [2.45, 2.75) is 12.7 Å². The topological polar surface area (TPSA) is 78.8 Å². The maximum absolute atomic E-state index is 5.11. The largest absolute Gasteiger partial charge is 0.361 e. The van der Waals surface area contributed by atoms with E-state index in [0.29, 0.717) is 5.11 Å². The van der Waals surface area contributed by atoms with E-state index in [4.69, 9.17) is 18.1 Å². The number of H-pyrrole nitrogens is 1. The number of nitrogens with zero attached hydrogens (tertiary/aromatic N) is 1. The molecule has 0 radical (unpaired) electrons. The summed E-state index contributed by atoms with van der Waals surface area (Å²) in [6.07, 6.45) is 1.72. The number of thiocarbonyl (C=S) groups is 1. The molecule has 1 aromatic heterocycles. The standard InChI is InChI=1S/C8H15N5S2/c1-6-7(12-5-11-6)4-15-3-2-10-8(14)13-9/h5H,2-4,9H2,1H3,(H,11,12)(H2,10,13,14). The highest BCUT2D eigenvalue weighted by atomic mass is 32.2. The molecule has 0 bridgehead atoms. The van der Waals surface area contributed by atoms with E-state index in [0.717, 1.165) is 29.4 Å². The van der Waals surface area contributed by atoms with Crippen molar-refractivity contribution in [2.75, 3.05) is 12.3 Å². The zero-order valence-corrected chi connectivity index (χ0v) is 10.2. The molecule has 1 heterocycles. The van der Waals surface area contributed by atoms with Crippen LogP contribution in [0.15, 0.2) is 6.33 Å². The van der Waals surface area contributed by atoms with Gasteiger partial charge < -0.3 is 15.7 Å². The first-order chi connectivity index (χ1) is 7.24. The van der Waals surface area contributed by atoms with E-state index in [1.165, 1.54) is 0 Å². The molecule has 0 spiro atoms. The predicted molar refractivity (Wildman–Crippen MR) is 67.4 cm³/mol. The SMILES string of the molecule is Cc1[nH]cnc1CSCCNC(=S)NN. The number of nitrogens with one attached hydrogen (secondary N) is 3. The molecule has 0 aromatic carbocycles. The first kappa shape index (κ1) is 12.3. The fraction of sp³-hybridized carbons (Fsp3) is 0.500. The third-order valence-corrected chi connectivity index (χ3v) is 3.07. The molecule has 5 N–H and O–H groups in total. The van der Waals surface area contributed by atoms with Gasteiger partial charge in [0.05, 0.1) is 12.0 Å². The van der Waals surface area contributed by atoms with Crippen molar-refractivity contribution in [3.8, 4) is 0 Å². The normalized spacial score (nSPS) is 10.0. The van der Waals surface area contributed by atoms with Gasteiger partial charge in [-0.2, -0.15) is 11.8 Å². The third-order valence-electron chi connectivity index (χ3n) is 1.84. The lowest BCUT2D eigenvalue weighted by atomic mass is 10.4. The lowest BCUT2D eigenvalue weighted by molar-refractivity contribution is 0.906. The number of hydrazine groups is 1. The van der Waals surface area contributed by atoms with E-state index in [1.807, 2.05) is 6.92 Å². The lowest BCUT2D eigenvalue weighted by Gasteiger charge is -2.05. The highest BCUT2D eigenvalue weighted by molar-refractivity contribution is 7.98. The Kier molecular flexibility index (Phi) is 5.44. The molecule has 5 nitrogen and oxygen atoms in total. The number of hydrogen-bond acceptors (Lipinski definition) is 4. The molecule has 0 saturated heterocycles. The number of aryl methyl sites for hydroxylation is 1. The van der Waals surface area contributed by atoms with Gasteiger partial charge in [0.25, 0.3) is 0 Å². The monoisotopic (exact) mass is 245 g/mol. The lowest BCUT2D eigenvalue weighted by Crippen LogP contribution is -2.40. The Labute approximate surface area is 98.6 Å². The van der Waals surface area contributed by atoms with Gasteiger partial charge in [0.1, 0.15) is 0 Å². The van der Waals surface area contributed by atoms with Gasteiger partial charge in [-0.05, 0) is 19.1 Å². The summed E-state index contributed by atoms with van der Waals surface area (Å²) >= 11 is 6.64. The van der Waals surface area contributed by atoms with Crippen LogP contribution in [0.2, 0.25) is 0 Å². The molecule has 0 aliphatic carbocycles. The second-order valence-corrected chi connectivity index (χ2v) is 4.44. The van der Waals surface area contributed by atoms with E-state index < -0.39 is 0 Å². The van der Waals surface area contributed by atoms with Crippen molar-refractivity contribution in [3.05, 3.63) is 17.7 Å². The molecule has 15 heavy (non-hydrogen) atoms. The third kappa shape index (κ3) is 4.50. The number of nitrogens with two attached hydrogens (primary N) is 1. The Balaban J connectivity index is 2.07. The maximum Gasteiger partial charge on any atom is 0.180 e. The van der Waals surface area contributed by atoms with Crippen LogP contribution < -0.4 is 16.6 Å². The van der Waals surface area contributed by atoms with Crippen LogP contribution in [0.1, 0.15) is 11.4 Å². The molecule has 7 heteroatoms. The molecule has 84 valence electrons. The minimum absolute atomic E-state index is 0.478. The van der Waals surface area contributed by atoms with Gasteiger partial charge in [-0.1, -0.05) is 0 Å². The van der Waals surface area contributed by atoms with Gasteiger partial charge in [-0.15, -0.1) is 0 Å². The maximum atomic E-state index is 5.11. The Morgan fingerprint density at radius 3 is 3.13 bits per heavy atom. The average molecular weight is 245 g/mol. The van der Waals surface area contributed by atoms with Crippen LogP contribution in [-0.2, 0) is 5.75 Å². The second kappa shape index (κ2) is 6.65. The molecule has 0 amide bonds. The van der Waals surface area contributed by atoms with Crippen LogP contribution in [0, 0.1) is 6.92 Å². The Hall–Kier alpha value is -0.790. The summed E-state index contributed by atoms with van der Waals surface area (Å²) < 4.78 is 0. The van der Waals surface area contributed by atoms with Gasteiger partial charge in [0, 0.05) is 23.7 Å². The van der Waals surface area contributed by atoms with E-state index in [9.17, 15) is 0 Å². The molecule has 0 unspecified atom stereocenters. The van der Waals surface area contributed by atoms with Gasteiger partial charge in [-0.3, -0.25) is 0 Å².